The van der Waals surface area contributed by atoms with E-state index in [1.54, 1.807) is 6.07 Å². The minimum Gasteiger partial charge on any atom is -0.485 e. The summed E-state index contributed by atoms with van der Waals surface area (Å²) in [5, 5.41) is 5.70. The Morgan fingerprint density at radius 2 is 1.93 bits per heavy atom. The molecule has 0 saturated carbocycles. The maximum atomic E-state index is 12.4. The molecule has 0 bridgehead atoms. The zero-order valence-electron chi connectivity index (χ0n) is 14.8. The molecule has 2 aromatic carbocycles. The summed E-state index contributed by atoms with van der Waals surface area (Å²) in [4.78, 5) is 25.9. The van der Waals surface area contributed by atoms with Crippen molar-refractivity contribution in [1.82, 2.24) is 10.6 Å². The lowest BCUT2D eigenvalue weighted by Crippen LogP contribution is -2.47. The van der Waals surface area contributed by atoms with Gasteiger partial charge in [-0.3, -0.25) is 9.59 Å². The molecule has 4 rings (SSSR count). The SMILES string of the molecule is O=C1CN(c2ccc(CNC(=O)[C@H]3COc4ccccc4O3)cc2)CCN1. The average Bonchev–Trinajstić information content (AvgIpc) is 2.72. The summed E-state index contributed by atoms with van der Waals surface area (Å²) in [7, 11) is 0. The molecule has 7 heteroatoms. The molecule has 0 aliphatic carbocycles. The number of fused-ring (bicyclic) bond motifs is 1. The normalized spacial score (nSPS) is 18.6. The monoisotopic (exact) mass is 367 g/mol. The number of anilines is 1. The van der Waals surface area contributed by atoms with Crippen LogP contribution in [0.15, 0.2) is 48.5 Å². The quantitative estimate of drug-likeness (QED) is 0.845. The van der Waals surface area contributed by atoms with Gasteiger partial charge in [0.15, 0.2) is 11.5 Å². The molecule has 0 unspecified atom stereocenters. The second-order valence-electron chi connectivity index (χ2n) is 6.52. The zero-order valence-corrected chi connectivity index (χ0v) is 14.8. The molecular formula is C20H21N3O4. The number of hydrogen-bond donors (Lipinski definition) is 2. The van der Waals surface area contributed by atoms with Gasteiger partial charge in [0.2, 0.25) is 12.0 Å². The minimum atomic E-state index is -0.661. The molecule has 2 amide bonds. The number of carbonyl (C=O) groups excluding carboxylic acids is 2. The number of ether oxygens (including phenoxy) is 2. The molecule has 2 aliphatic heterocycles. The fraction of sp³-hybridized carbons (Fsp3) is 0.300. The summed E-state index contributed by atoms with van der Waals surface area (Å²) in [6.45, 7) is 2.42. The standard InChI is InChI=1S/C20H21N3O4/c24-19-12-23(10-9-21-19)15-7-5-14(6-8-15)11-22-20(25)18-13-26-16-3-1-2-4-17(16)27-18/h1-8,18H,9-13H2,(H,21,24)(H,22,25)/t18-/m1/s1. The average molecular weight is 367 g/mol. The Balaban J connectivity index is 1.31. The minimum absolute atomic E-state index is 0.0360. The maximum Gasteiger partial charge on any atom is 0.264 e. The van der Waals surface area contributed by atoms with Crippen LogP contribution in [0.2, 0.25) is 0 Å². The predicted octanol–water partition coefficient (Wildman–Crippen LogP) is 1.08. The second kappa shape index (κ2) is 7.57. The van der Waals surface area contributed by atoms with Gasteiger partial charge < -0.3 is 25.0 Å². The van der Waals surface area contributed by atoms with Crippen molar-refractivity contribution in [2.24, 2.45) is 0 Å². The Hall–Kier alpha value is -3.22. The van der Waals surface area contributed by atoms with Crippen LogP contribution in [0.4, 0.5) is 5.69 Å². The van der Waals surface area contributed by atoms with E-state index in [0.29, 0.717) is 31.1 Å². The van der Waals surface area contributed by atoms with Crippen LogP contribution >= 0.6 is 0 Å². The first-order chi connectivity index (χ1) is 13.2. The van der Waals surface area contributed by atoms with Crippen LogP contribution in [-0.4, -0.2) is 44.2 Å². The Labute approximate surface area is 157 Å². The fourth-order valence-electron chi connectivity index (χ4n) is 3.14. The third-order valence-electron chi connectivity index (χ3n) is 4.61. The number of rotatable bonds is 4. The molecule has 2 N–H and O–H groups in total. The van der Waals surface area contributed by atoms with Gasteiger partial charge in [0, 0.05) is 25.3 Å². The highest BCUT2D eigenvalue weighted by molar-refractivity contribution is 5.83. The molecule has 140 valence electrons. The first-order valence-electron chi connectivity index (χ1n) is 8.96. The lowest BCUT2D eigenvalue weighted by Gasteiger charge is -2.28. The van der Waals surface area contributed by atoms with Crippen molar-refractivity contribution in [3.05, 3.63) is 54.1 Å². The van der Waals surface area contributed by atoms with Crippen molar-refractivity contribution in [2.45, 2.75) is 12.6 Å². The van der Waals surface area contributed by atoms with Crippen molar-refractivity contribution >= 4 is 17.5 Å². The zero-order chi connectivity index (χ0) is 18.6. The Morgan fingerprint density at radius 3 is 2.70 bits per heavy atom. The number of benzene rings is 2. The lowest BCUT2D eigenvalue weighted by atomic mass is 10.1. The molecule has 0 radical (unpaired) electrons. The van der Waals surface area contributed by atoms with Gasteiger partial charge in [-0.15, -0.1) is 0 Å². The Bertz CT molecular complexity index is 837. The highest BCUT2D eigenvalue weighted by atomic mass is 16.6. The molecule has 27 heavy (non-hydrogen) atoms. The molecule has 2 heterocycles. The number of piperazine rings is 1. The van der Waals surface area contributed by atoms with E-state index < -0.39 is 6.10 Å². The third-order valence-corrected chi connectivity index (χ3v) is 4.61. The molecule has 0 aromatic heterocycles. The lowest BCUT2D eigenvalue weighted by molar-refractivity contribution is -0.130. The van der Waals surface area contributed by atoms with Gasteiger partial charge in [0.05, 0.1) is 6.54 Å². The summed E-state index contributed by atoms with van der Waals surface area (Å²) < 4.78 is 11.3. The summed E-state index contributed by atoms with van der Waals surface area (Å²) in [6, 6.07) is 15.2. The maximum absolute atomic E-state index is 12.4. The third kappa shape index (κ3) is 3.97. The largest absolute Gasteiger partial charge is 0.485 e. The van der Waals surface area contributed by atoms with E-state index >= 15 is 0 Å². The van der Waals surface area contributed by atoms with E-state index in [-0.39, 0.29) is 18.4 Å². The molecular weight excluding hydrogens is 346 g/mol. The Morgan fingerprint density at radius 1 is 1.15 bits per heavy atom. The van der Waals surface area contributed by atoms with Gasteiger partial charge >= 0.3 is 0 Å². The fourth-order valence-corrected chi connectivity index (χ4v) is 3.14. The van der Waals surface area contributed by atoms with E-state index in [4.69, 9.17) is 9.47 Å². The smallest absolute Gasteiger partial charge is 0.264 e. The van der Waals surface area contributed by atoms with E-state index in [1.165, 1.54) is 0 Å². The molecule has 2 aromatic rings. The summed E-state index contributed by atoms with van der Waals surface area (Å²) in [6.07, 6.45) is -0.661. The number of amides is 2. The van der Waals surface area contributed by atoms with Gasteiger partial charge in [-0.25, -0.2) is 0 Å². The number of nitrogens with one attached hydrogen (secondary N) is 2. The highest BCUT2D eigenvalue weighted by Gasteiger charge is 2.27. The molecule has 1 saturated heterocycles. The number of hydrogen-bond acceptors (Lipinski definition) is 5. The number of nitrogens with zero attached hydrogens (tertiary/aromatic N) is 1. The van der Waals surface area contributed by atoms with Crippen LogP contribution in [0.3, 0.4) is 0 Å². The van der Waals surface area contributed by atoms with E-state index in [1.807, 2.05) is 47.4 Å². The van der Waals surface area contributed by atoms with Crippen LogP contribution in [0, 0.1) is 0 Å². The molecule has 0 spiro atoms. The molecule has 1 atom stereocenters. The van der Waals surface area contributed by atoms with Gasteiger partial charge in [-0.05, 0) is 29.8 Å². The van der Waals surface area contributed by atoms with Crippen molar-refractivity contribution in [3.8, 4) is 11.5 Å². The molecule has 7 nitrogen and oxygen atoms in total. The van der Waals surface area contributed by atoms with Crippen molar-refractivity contribution in [3.63, 3.8) is 0 Å². The second-order valence-corrected chi connectivity index (χ2v) is 6.52. The van der Waals surface area contributed by atoms with Gasteiger partial charge in [0.25, 0.3) is 5.91 Å². The van der Waals surface area contributed by atoms with Crippen molar-refractivity contribution < 1.29 is 19.1 Å². The van der Waals surface area contributed by atoms with Crippen LogP contribution < -0.4 is 25.0 Å². The molecule has 1 fully saturated rings. The van der Waals surface area contributed by atoms with E-state index in [9.17, 15) is 9.59 Å². The first-order valence-corrected chi connectivity index (χ1v) is 8.96. The topological polar surface area (TPSA) is 79.9 Å². The highest BCUT2D eigenvalue weighted by Crippen LogP contribution is 2.30. The number of para-hydroxylation sites is 2. The summed E-state index contributed by atoms with van der Waals surface area (Å²) in [5.41, 5.74) is 1.98. The van der Waals surface area contributed by atoms with Crippen molar-refractivity contribution in [1.29, 1.82) is 0 Å². The summed E-state index contributed by atoms with van der Waals surface area (Å²) >= 11 is 0. The van der Waals surface area contributed by atoms with E-state index in [2.05, 4.69) is 10.6 Å². The first kappa shape index (κ1) is 17.2. The van der Waals surface area contributed by atoms with Gasteiger partial charge in [0.1, 0.15) is 6.61 Å². The Kier molecular flexibility index (Phi) is 4.82. The van der Waals surface area contributed by atoms with Crippen molar-refractivity contribution in [2.75, 3.05) is 31.1 Å². The van der Waals surface area contributed by atoms with Crippen LogP contribution in [0.5, 0.6) is 11.5 Å². The predicted molar refractivity (Wildman–Crippen MR) is 99.9 cm³/mol. The van der Waals surface area contributed by atoms with Gasteiger partial charge in [-0.1, -0.05) is 24.3 Å². The summed E-state index contributed by atoms with van der Waals surface area (Å²) in [5.74, 6) is 1.07. The number of carbonyl (C=O) groups is 2. The van der Waals surface area contributed by atoms with Crippen LogP contribution in [-0.2, 0) is 16.1 Å². The van der Waals surface area contributed by atoms with Gasteiger partial charge in [-0.2, -0.15) is 0 Å². The van der Waals surface area contributed by atoms with Crippen LogP contribution in [0.25, 0.3) is 0 Å². The molecule has 2 aliphatic rings. The van der Waals surface area contributed by atoms with Crippen LogP contribution in [0.1, 0.15) is 5.56 Å². The van der Waals surface area contributed by atoms with E-state index in [0.717, 1.165) is 17.8 Å².